The van der Waals surface area contributed by atoms with Crippen LogP contribution in [0.4, 0.5) is 10.2 Å². The maximum Gasteiger partial charge on any atom is 0.319 e. The smallest absolute Gasteiger partial charge is 0.319 e. The highest BCUT2D eigenvalue weighted by molar-refractivity contribution is 5.95. The largest absolute Gasteiger partial charge is 0.508 e. The molecule has 1 saturated carbocycles. The van der Waals surface area contributed by atoms with Crippen molar-refractivity contribution in [3.63, 3.8) is 0 Å². The molecule has 3 aromatic rings. The molecule has 2 aromatic heterocycles. The molecule has 5 heterocycles. The number of phenolic OH excluding ortho intramolecular Hbond substituents is 1. The van der Waals surface area contributed by atoms with Crippen LogP contribution in [-0.4, -0.2) is 93.4 Å². The Kier molecular flexibility index (Phi) is 7.22. The predicted molar refractivity (Wildman–Crippen MR) is 168 cm³/mol. The number of carbonyl (C=O) groups is 1. The summed E-state index contributed by atoms with van der Waals surface area (Å²) in [6.45, 7) is 10.5. The number of hydrogen-bond acceptors (Lipinski definition) is 8. The maximum absolute atomic E-state index is 14.5. The van der Waals surface area contributed by atoms with Crippen molar-refractivity contribution in [1.29, 1.82) is 0 Å². The van der Waals surface area contributed by atoms with Crippen LogP contribution in [0.2, 0.25) is 0 Å². The molecule has 1 amide bonds. The highest BCUT2D eigenvalue weighted by Crippen LogP contribution is 2.47. The third-order valence-electron chi connectivity index (χ3n) is 10.3. The summed E-state index contributed by atoms with van der Waals surface area (Å²) in [7, 11) is 1.99. The summed E-state index contributed by atoms with van der Waals surface area (Å²) in [5, 5.41) is 11.5. The predicted octanol–water partition coefficient (Wildman–Crippen LogP) is 5.07. The number of pyridine rings is 1. The van der Waals surface area contributed by atoms with E-state index in [0.717, 1.165) is 71.9 Å². The molecule has 9 nitrogen and oxygen atoms in total. The summed E-state index contributed by atoms with van der Waals surface area (Å²) in [5.74, 6) is 1.33. The van der Waals surface area contributed by atoms with Crippen LogP contribution in [0.1, 0.15) is 61.1 Å². The Hall–Kier alpha value is -3.79. The zero-order chi connectivity index (χ0) is 30.7. The molecule has 1 aliphatic carbocycles. The maximum atomic E-state index is 14.5. The van der Waals surface area contributed by atoms with E-state index in [1.165, 1.54) is 11.6 Å². The van der Waals surface area contributed by atoms with E-state index in [1.807, 2.05) is 33.2 Å². The number of ether oxygens (including phenoxy) is 1. The second-order valence-electron chi connectivity index (χ2n) is 13.2. The molecule has 7 rings (SSSR count). The molecule has 0 radical (unpaired) electrons. The third-order valence-corrected chi connectivity index (χ3v) is 10.3. The first kappa shape index (κ1) is 29.0. The van der Waals surface area contributed by atoms with Crippen LogP contribution in [0, 0.1) is 13.8 Å². The van der Waals surface area contributed by atoms with Gasteiger partial charge in [-0.15, -0.1) is 0 Å². The molecule has 3 unspecified atom stereocenters. The van der Waals surface area contributed by atoms with E-state index in [4.69, 9.17) is 19.7 Å². The normalized spacial score (nSPS) is 25.0. The van der Waals surface area contributed by atoms with E-state index >= 15 is 0 Å². The van der Waals surface area contributed by atoms with E-state index < -0.39 is 6.17 Å². The van der Waals surface area contributed by atoms with Gasteiger partial charge in [0.05, 0.1) is 22.1 Å². The first-order valence-corrected chi connectivity index (χ1v) is 15.8. The van der Waals surface area contributed by atoms with Gasteiger partial charge in [-0.25, -0.2) is 4.39 Å². The van der Waals surface area contributed by atoms with Crippen molar-refractivity contribution >= 4 is 22.6 Å². The van der Waals surface area contributed by atoms with Gasteiger partial charge in [-0.2, -0.15) is 9.97 Å². The molecular formula is C34H41FN6O3. The molecule has 3 aliphatic heterocycles. The number of hydrogen-bond donors (Lipinski definition) is 1. The fraction of sp³-hybridized carbons (Fsp3) is 0.529. The minimum Gasteiger partial charge on any atom is -0.508 e. The number of carbonyl (C=O) groups excluding carboxylic acids is 1. The number of likely N-dealkylation sites (tertiary alicyclic amines) is 1. The number of amides is 1. The van der Waals surface area contributed by atoms with Crippen molar-refractivity contribution in [3.05, 3.63) is 47.7 Å². The van der Waals surface area contributed by atoms with Gasteiger partial charge in [-0.3, -0.25) is 14.7 Å². The lowest BCUT2D eigenvalue weighted by atomic mass is 9.94. The molecule has 10 heteroatoms. The molecule has 3 saturated heterocycles. The summed E-state index contributed by atoms with van der Waals surface area (Å²) in [6.07, 6.45) is 7.80. The number of fused-ring (bicyclic) bond motifs is 2. The van der Waals surface area contributed by atoms with Crippen LogP contribution in [0.25, 0.3) is 22.2 Å². The number of rotatable bonds is 8. The van der Waals surface area contributed by atoms with Gasteiger partial charge in [0.2, 0.25) is 5.91 Å². The van der Waals surface area contributed by atoms with Gasteiger partial charge < -0.3 is 19.6 Å². The van der Waals surface area contributed by atoms with Crippen LogP contribution in [0.3, 0.4) is 0 Å². The van der Waals surface area contributed by atoms with E-state index in [0.29, 0.717) is 44.4 Å². The van der Waals surface area contributed by atoms with E-state index in [1.54, 1.807) is 4.90 Å². The van der Waals surface area contributed by atoms with Gasteiger partial charge in [0.15, 0.2) is 0 Å². The highest BCUT2D eigenvalue weighted by Gasteiger charge is 2.49. The number of aryl methyl sites for hydroxylation is 2. The number of alkyl halides is 1. The number of aromatic nitrogens is 3. The Labute approximate surface area is 257 Å². The average molecular weight is 601 g/mol. The number of anilines is 1. The van der Waals surface area contributed by atoms with E-state index in [2.05, 4.69) is 22.4 Å². The van der Waals surface area contributed by atoms with Crippen molar-refractivity contribution in [2.24, 2.45) is 0 Å². The Bertz CT molecular complexity index is 1640. The Morgan fingerprint density at radius 1 is 1.23 bits per heavy atom. The van der Waals surface area contributed by atoms with E-state index in [9.17, 15) is 14.3 Å². The molecular weight excluding hydrogens is 559 g/mol. The summed E-state index contributed by atoms with van der Waals surface area (Å²) in [5.41, 5.74) is 5.08. The SMILES string of the molecule is C=CC(=O)N1CCC(N(C)c2nc(OCC34CCCN3CC(F)C4)nc3c(C)c(-c4cc(O)c(C)cc4C4CC4)ncc23)C1. The Balaban J connectivity index is 1.30. The Morgan fingerprint density at radius 2 is 2.05 bits per heavy atom. The van der Waals surface area contributed by atoms with Crippen molar-refractivity contribution in [1.82, 2.24) is 24.8 Å². The number of likely N-dealkylation sites (N-methyl/N-ethyl adjacent to an activating group) is 1. The van der Waals surface area contributed by atoms with Crippen LogP contribution >= 0.6 is 0 Å². The highest BCUT2D eigenvalue weighted by atomic mass is 19.1. The lowest BCUT2D eigenvalue weighted by Gasteiger charge is -2.31. The lowest BCUT2D eigenvalue weighted by molar-refractivity contribution is -0.125. The van der Waals surface area contributed by atoms with Crippen molar-refractivity contribution < 1.29 is 19.0 Å². The number of nitrogens with zero attached hydrogens (tertiary/aromatic N) is 6. The van der Waals surface area contributed by atoms with Gasteiger partial charge >= 0.3 is 6.01 Å². The fourth-order valence-corrected chi connectivity index (χ4v) is 7.65. The minimum atomic E-state index is -0.843. The number of aromatic hydroxyl groups is 1. The fourth-order valence-electron chi connectivity index (χ4n) is 7.65. The number of benzene rings is 1. The second-order valence-corrected chi connectivity index (χ2v) is 13.2. The second kappa shape index (κ2) is 11.0. The standard InChI is InChI=1S/C34H41FN6O3/c1-5-29(43)40-12-9-24(18-40)39(4)32-27-16-36-30(26-14-28(42)20(2)13-25(26)22-7-8-22)21(3)31(27)37-33(38-32)44-19-34-10-6-11-41(34)17-23(35)15-34/h5,13-14,16,22-24,42H,1,6-12,15,17-19H2,2-4H3. The van der Waals surface area contributed by atoms with Gasteiger partial charge in [-0.05, 0) is 81.7 Å². The van der Waals surface area contributed by atoms with E-state index in [-0.39, 0.29) is 29.2 Å². The molecule has 1 N–H and O–H groups in total. The van der Waals surface area contributed by atoms with Crippen molar-refractivity contribution in [2.75, 3.05) is 44.7 Å². The molecule has 0 spiro atoms. The Morgan fingerprint density at radius 3 is 2.82 bits per heavy atom. The van der Waals surface area contributed by atoms with Crippen LogP contribution < -0.4 is 9.64 Å². The first-order chi connectivity index (χ1) is 21.2. The monoisotopic (exact) mass is 600 g/mol. The van der Waals surface area contributed by atoms with Crippen LogP contribution in [0.15, 0.2) is 31.0 Å². The topological polar surface area (TPSA) is 94.9 Å². The number of halogens is 1. The summed E-state index contributed by atoms with van der Waals surface area (Å²) in [4.78, 5) is 33.3. The van der Waals surface area contributed by atoms with Crippen LogP contribution in [-0.2, 0) is 4.79 Å². The summed E-state index contributed by atoms with van der Waals surface area (Å²) >= 11 is 0. The molecule has 44 heavy (non-hydrogen) atoms. The molecule has 4 fully saturated rings. The molecule has 4 aliphatic rings. The number of phenols is 1. The zero-order valence-corrected chi connectivity index (χ0v) is 25.9. The zero-order valence-electron chi connectivity index (χ0n) is 25.9. The van der Waals surface area contributed by atoms with Crippen molar-refractivity contribution in [3.8, 4) is 23.0 Å². The third kappa shape index (κ3) is 4.97. The van der Waals surface area contributed by atoms with Gasteiger partial charge in [-0.1, -0.05) is 12.6 Å². The average Bonchev–Trinajstić information content (AvgIpc) is 3.47. The minimum absolute atomic E-state index is 0.0476. The first-order valence-electron chi connectivity index (χ1n) is 15.8. The van der Waals surface area contributed by atoms with Gasteiger partial charge in [0.25, 0.3) is 0 Å². The molecule has 0 bridgehead atoms. The molecule has 3 atom stereocenters. The van der Waals surface area contributed by atoms with Crippen LogP contribution in [0.5, 0.6) is 11.8 Å². The summed E-state index contributed by atoms with van der Waals surface area (Å²) < 4.78 is 20.9. The van der Waals surface area contributed by atoms with Crippen molar-refractivity contribution in [2.45, 2.75) is 76.0 Å². The van der Waals surface area contributed by atoms with Gasteiger partial charge in [0.1, 0.15) is 24.3 Å². The molecule has 1 aromatic carbocycles. The molecule has 232 valence electrons. The lowest BCUT2D eigenvalue weighted by Crippen LogP contribution is -2.43. The summed E-state index contributed by atoms with van der Waals surface area (Å²) in [6, 6.07) is 4.23. The van der Waals surface area contributed by atoms with Gasteiger partial charge in [0, 0.05) is 56.5 Å². The quantitative estimate of drug-likeness (QED) is 0.358.